The number of hydrogen-bond donors (Lipinski definition) is 2. The Labute approximate surface area is 120 Å². The van der Waals surface area contributed by atoms with Crippen LogP contribution in [0, 0.1) is 0 Å². The fourth-order valence-corrected chi connectivity index (χ4v) is 1.45. The molecule has 3 N–H and O–H groups in total. The van der Waals surface area contributed by atoms with E-state index in [2.05, 4.69) is 10.3 Å². The Morgan fingerprint density at radius 1 is 1.44 bits per heavy atom. The van der Waals surface area contributed by atoms with Gasteiger partial charge in [-0.15, -0.1) is 0 Å². The van der Waals surface area contributed by atoms with Crippen molar-refractivity contribution in [1.82, 2.24) is 10.3 Å². The Morgan fingerprint density at radius 3 is 2.50 bits per heavy atom. The maximum atomic E-state index is 11.9. The van der Waals surface area contributed by atoms with E-state index in [1.165, 1.54) is 0 Å². The Hall–Kier alpha value is -1.02. The average molecular weight is 361 g/mol. The number of nitrogens with two attached hydrogens (primary N) is 1. The highest BCUT2D eigenvalue weighted by Gasteiger charge is 2.29. The number of halogens is 1. The third-order valence-corrected chi connectivity index (χ3v) is 3.82. The summed E-state index contributed by atoms with van der Waals surface area (Å²) < 4.78 is -0.135. The Kier molecular flexibility index (Phi) is 5.21. The van der Waals surface area contributed by atoms with Crippen LogP contribution < -0.4 is 11.1 Å². The minimum absolute atomic E-state index is 0.135. The van der Waals surface area contributed by atoms with E-state index in [4.69, 9.17) is 5.73 Å². The lowest BCUT2D eigenvalue weighted by Crippen LogP contribution is -2.53. The summed E-state index contributed by atoms with van der Waals surface area (Å²) in [7, 11) is 0. The first-order chi connectivity index (χ1) is 8.33. The smallest absolute Gasteiger partial charge is 0.238 e. The molecule has 1 amide bonds. The van der Waals surface area contributed by atoms with Gasteiger partial charge in [-0.3, -0.25) is 14.6 Å². The van der Waals surface area contributed by atoms with Gasteiger partial charge in [0.15, 0.2) is 0 Å². The van der Waals surface area contributed by atoms with Gasteiger partial charge in [-0.1, -0.05) is 0 Å². The third kappa shape index (κ3) is 4.34. The highest BCUT2D eigenvalue weighted by atomic mass is 127. The second-order valence-corrected chi connectivity index (χ2v) is 5.53. The Bertz CT molecular complexity index is 434. The van der Waals surface area contributed by atoms with Crippen LogP contribution in [-0.4, -0.2) is 26.3 Å². The summed E-state index contributed by atoms with van der Waals surface area (Å²) >= 11 is 1.66. The lowest BCUT2D eigenvalue weighted by molar-refractivity contribution is -0.127. The Morgan fingerprint density at radius 2 is 2.00 bits per heavy atom. The van der Waals surface area contributed by atoms with Crippen LogP contribution in [0.5, 0.6) is 0 Å². The van der Waals surface area contributed by atoms with Crippen LogP contribution in [0.2, 0.25) is 0 Å². The van der Waals surface area contributed by atoms with Gasteiger partial charge in [0.1, 0.15) is 5.54 Å². The molecule has 0 fully saturated rings. The number of pyridine rings is 1. The number of amides is 1. The maximum absolute atomic E-state index is 11.9. The summed E-state index contributed by atoms with van der Waals surface area (Å²) in [6.07, 6.45) is 3.72. The van der Waals surface area contributed by atoms with E-state index < -0.39 is 11.6 Å². The summed E-state index contributed by atoms with van der Waals surface area (Å²) in [6.45, 7) is 3.30. The van der Waals surface area contributed by atoms with Crippen LogP contribution in [0.4, 0.5) is 0 Å². The number of nitrogens with zero attached hydrogens (tertiary/aromatic N) is 1. The molecule has 1 aromatic heterocycles. The zero-order valence-electron chi connectivity index (χ0n) is 10.3. The van der Waals surface area contributed by atoms with Crippen molar-refractivity contribution >= 4 is 32.3 Å². The number of aromatic nitrogens is 1. The van der Waals surface area contributed by atoms with E-state index in [0.29, 0.717) is 6.42 Å². The van der Waals surface area contributed by atoms with E-state index >= 15 is 0 Å². The van der Waals surface area contributed by atoms with Crippen molar-refractivity contribution in [3.05, 3.63) is 30.1 Å². The zero-order valence-corrected chi connectivity index (χ0v) is 12.5. The van der Waals surface area contributed by atoms with Gasteiger partial charge in [0.05, 0.1) is 6.04 Å². The molecule has 0 aliphatic carbocycles. The van der Waals surface area contributed by atoms with Crippen LogP contribution in [0.15, 0.2) is 24.5 Å². The predicted octanol–water partition coefficient (Wildman–Crippen LogP) is 0.808. The van der Waals surface area contributed by atoms with E-state index in [1.807, 2.05) is 12.1 Å². The van der Waals surface area contributed by atoms with Gasteiger partial charge in [-0.25, -0.2) is 0 Å². The monoisotopic (exact) mass is 361 g/mol. The molecule has 6 heteroatoms. The first-order valence-corrected chi connectivity index (χ1v) is 6.57. The molecule has 1 aromatic rings. The summed E-state index contributed by atoms with van der Waals surface area (Å²) in [4.78, 5) is 27.1. The molecule has 1 rings (SSSR count). The second-order valence-electron chi connectivity index (χ2n) is 4.55. The lowest BCUT2D eigenvalue weighted by Gasteiger charge is -2.24. The van der Waals surface area contributed by atoms with Gasteiger partial charge in [0, 0.05) is 35.0 Å². The molecule has 98 valence electrons. The molecule has 0 radical (unpaired) electrons. The number of carbonyl (C=O) groups is 2. The topological polar surface area (TPSA) is 85.1 Å². The average Bonchev–Trinajstić information content (AvgIpc) is 2.29. The zero-order chi connectivity index (χ0) is 13.8. The van der Waals surface area contributed by atoms with Gasteiger partial charge >= 0.3 is 0 Å². The molecule has 0 aromatic carbocycles. The fourth-order valence-electron chi connectivity index (χ4n) is 1.32. The predicted molar refractivity (Wildman–Crippen MR) is 77.2 cm³/mol. The van der Waals surface area contributed by atoms with E-state index in [0.717, 1.165) is 5.56 Å². The number of hydrogen-bond acceptors (Lipinski definition) is 4. The molecule has 0 bridgehead atoms. The number of nitrogens with one attached hydrogen (secondary N) is 1. The number of carbonyl (C=O) groups excluding carboxylic acids is 2. The minimum Gasteiger partial charge on any atom is -0.342 e. The molecular weight excluding hydrogens is 345 g/mol. The van der Waals surface area contributed by atoms with Crippen molar-refractivity contribution in [3.63, 3.8) is 0 Å². The molecule has 0 saturated carbocycles. The minimum atomic E-state index is -0.895. The normalized spacial score (nSPS) is 12.9. The standard InChI is InChI=1S/C12H16IN3O2/c1-12(2,11(13)18)16-10(17)9(14)7-8-3-5-15-6-4-8/h3-6,9H,7,14H2,1-2H3,(H,16,17)/t9-/m0/s1. The van der Waals surface area contributed by atoms with Crippen molar-refractivity contribution < 1.29 is 9.59 Å². The molecule has 0 aliphatic rings. The van der Waals surface area contributed by atoms with E-state index in [1.54, 1.807) is 48.8 Å². The molecule has 0 spiro atoms. The lowest BCUT2D eigenvalue weighted by atomic mass is 10.0. The second kappa shape index (κ2) is 6.24. The molecule has 5 nitrogen and oxygen atoms in total. The van der Waals surface area contributed by atoms with E-state index in [-0.39, 0.29) is 9.70 Å². The van der Waals surface area contributed by atoms with Gasteiger partial charge in [-0.05, 0) is 38.0 Å². The fraction of sp³-hybridized carbons (Fsp3) is 0.417. The van der Waals surface area contributed by atoms with E-state index in [9.17, 15) is 9.59 Å². The van der Waals surface area contributed by atoms with Crippen molar-refractivity contribution in [2.75, 3.05) is 0 Å². The molecule has 0 saturated heterocycles. The van der Waals surface area contributed by atoms with Gasteiger partial charge < -0.3 is 11.1 Å². The van der Waals surface area contributed by atoms with Crippen LogP contribution in [-0.2, 0) is 16.0 Å². The Balaban J connectivity index is 2.60. The van der Waals surface area contributed by atoms with Crippen molar-refractivity contribution in [1.29, 1.82) is 0 Å². The molecule has 0 unspecified atom stereocenters. The summed E-state index contributed by atoms with van der Waals surface area (Å²) in [5, 5.41) is 2.64. The molecule has 1 atom stereocenters. The summed E-state index contributed by atoms with van der Waals surface area (Å²) in [6, 6.07) is 2.94. The molecule has 0 aliphatic heterocycles. The van der Waals surface area contributed by atoms with Crippen LogP contribution in [0.3, 0.4) is 0 Å². The van der Waals surface area contributed by atoms with Gasteiger partial charge in [-0.2, -0.15) is 0 Å². The molecule has 1 heterocycles. The van der Waals surface area contributed by atoms with Crippen LogP contribution >= 0.6 is 22.6 Å². The first-order valence-electron chi connectivity index (χ1n) is 5.49. The van der Waals surface area contributed by atoms with Gasteiger partial charge in [0.2, 0.25) is 9.70 Å². The summed E-state index contributed by atoms with van der Waals surface area (Å²) in [5.74, 6) is -0.332. The quantitative estimate of drug-likeness (QED) is 0.601. The third-order valence-electron chi connectivity index (χ3n) is 2.47. The van der Waals surface area contributed by atoms with Crippen molar-refractivity contribution in [3.8, 4) is 0 Å². The highest BCUT2D eigenvalue weighted by Crippen LogP contribution is 2.10. The van der Waals surface area contributed by atoms with Gasteiger partial charge in [0.25, 0.3) is 0 Å². The highest BCUT2D eigenvalue weighted by molar-refractivity contribution is 14.1. The SMILES string of the molecule is CC(C)(NC(=O)[C@@H](N)Cc1ccncc1)C(=O)I. The van der Waals surface area contributed by atoms with Crippen molar-refractivity contribution in [2.45, 2.75) is 31.8 Å². The first kappa shape index (κ1) is 15.0. The maximum Gasteiger partial charge on any atom is 0.238 e. The molecular formula is C12H16IN3O2. The van der Waals surface area contributed by atoms with Crippen LogP contribution in [0.25, 0.3) is 0 Å². The largest absolute Gasteiger partial charge is 0.342 e. The van der Waals surface area contributed by atoms with Crippen LogP contribution in [0.1, 0.15) is 19.4 Å². The number of rotatable bonds is 5. The summed E-state index contributed by atoms with van der Waals surface area (Å²) in [5.41, 5.74) is 5.85. The van der Waals surface area contributed by atoms with Crippen molar-refractivity contribution in [2.24, 2.45) is 5.73 Å². The molecule has 18 heavy (non-hydrogen) atoms.